The van der Waals surface area contributed by atoms with Gasteiger partial charge in [-0.1, -0.05) is 33.1 Å². The van der Waals surface area contributed by atoms with Crippen molar-refractivity contribution in [2.24, 2.45) is 5.92 Å². The van der Waals surface area contributed by atoms with Gasteiger partial charge >= 0.3 is 0 Å². The highest BCUT2D eigenvalue weighted by Crippen LogP contribution is 2.32. The van der Waals surface area contributed by atoms with Crippen LogP contribution in [0, 0.1) is 5.92 Å². The normalized spacial score (nSPS) is 20.8. The molecule has 1 saturated heterocycles. The highest BCUT2D eigenvalue weighted by Gasteiger charge is 2.41. The summed E-state index contributed by atoms with van der Waals surface area (Å²) in [6.07, 6.45) is 7.04. The van der Waals surface area contributed by atoms with Gasteiger partial charge in [0.15, 0.2) is 0 Å². The van der Waals surface area contributed by atoms with Crippen LogP contribution in [0.4, 0.5) is 0 Å². The molecule has 2 amide bonds. The van der Waals surface area contributed by atoms with Gasteiger partial charge in [0.25, 0.3) is 0 Å². The Morgan fingerprint density at radius 2 is 2.10 bits per heavy atom. The highest BCUT2D eigenvalue weighted by molar-refractivity contribution is 7.99. The molecule has 0 aliphatic carbocycles. The van der Waals surface area contributed by atoms with Crippen LogP contribution in [0.15, 0.2) is 0 Å². The van der Waals surface area contributed by atoms with Gasteiger partial charge in [-0.2, -0.15) is 11.8 Å². The molecule has 1 fully saturated rings. The first-order chi connectivity index (χ1) is 9.65. The number of carbonyl (C=O) groups is 2. The van der Waals surface area contributed by atoms with Crippen molar-refractivity contribution in [1.29, 1.82) is 0 Å². The van der Waals surface area contributed by atoms with Gasteiger partial charge in [0.2, 0.25) is 11.8 Å². The molecule has 0 bridgehead atoms. The minimum absolute atomic E-state index is 0.00689. The van der Waals surface area contributed by atoms with Gasteiger partial charge in [0.05, 0.1) is 5.92 Å². The maximum atomic E-state index is 12.4. The standard InChI is InChI=1S/C15H28N2O2S/c1-4-6-7-8-13(20-3)12-11-14(18)17(15(12)19)10-9-16-5-2/h12-13,16H,4-11H2,1-3H3. The molecular weight excluding hydrogens is 272 g/mol. The third kappa shape index (κ3) is 4.77. The number of carbonyl (C=O) groups excluding carboxylic acids is 2. The predicted molar refractivity (Wildman–Crippen MR) is 84.8 cm³/mol. The number of thioether (sulfide) groups is 1. The fraction of sp³-hybridized carbons (Fsp3) is 0.867. The van der Waals surface area contributed by atoms with E-state index >= 15 is 0 Å². The van der Waals surface area contributed by atoms with Gasteiger partial charge in [-0.15, -0.1) is 0 Å². The van der Waals surface area contributed by atoms with Crippen LogP contribution in [-0.2, 0) is 9.59 Å². The van der Waals surface area contributed by atoms with E-state index in [-0.39, 0.29) is 17.7 Å². The van der Waals surface area contributed by atoms with E-state index in [0.717, 1.165) is 19.4 Å². The fourth-order valence-corrected chi connectivity index (χ4v) is 3.62. The van der Waals surface area contributed by atoms with Gasteiger partial charge in [0, 0.05) is 24.8 Å². The molecule has 1 aliphatic heterocycles. The van der Waals surface area contributed by atoms with E-state index < -0.39 is 0 Å². The fourth-order valence-electron chi connectivity index (χ4n) is 2.68. The Morgan fingerprint density at radius 3 is 2.70 bits per heavy atom. The first-order valence-corrected chi connectivity index (χ1v) is 9.02. The molecule has 0 aromatic carbocycles. The zero-order valence-corrected chi connectivity index (χ0v) is 13.8. The Morgan fingerprint density at radius 1 is 1.35 bits per heavy atom. The van der Waals surface area contributed by atoms with E-state index in [4.69, 9.17) is 0 Å². The number of hydrogen-bond acceptors (Lipinski definition) is 4. The zero-order valence-electron chi connectivity index (χ0n) is 13.0. The number of hydrogen-bond donors (Lipinski definition) is 1. The summed E-state index contributed by atoms with van der Waals surface area (Å²) in [6.45, 7) is 6.28. The van der Waals surface area contributed by atoms with E-state index in [1.807, 2.05) is 6.92 Å². The van der Waals surface area contributed by atoms with E-state index in [1.54, 1.807) is 11.8 Å². The van der Waals surface area contributed by atoms with Crippen molar-refractivity contribution in [3.8, 4) is 0 Å². The molecule has 0 radical (unpaired) electrons. The first-order valence-electron chi connectivity index (χ1n) is 7.73. The number of unbranched alkanes of at least 4 members (excludes halogenated alkanes) is 2. The largest absolute Gasteiger partial charge is 0.315 e. The topological polar surface area (TPSA) is 49.4 Å². The van der Waals surface area contributed by atoms with E-state index in [0.29, 0.717) is 24.8 Å². The van der Waals surface area contributed by atoms with E-state index in [2.05, 4.69) is 18.5 Å². The summed E-state index contributed by atoms with van der Waals surface area (Å²) in [5.41, 5.74) is 0. The lowest BCUT2D eigenvalue weighted by atomic mass is 9.98. The number of imide groups is 1. The summed E-state index contributed by atoms with van der Waals surface area (Å²) in [5, 5.41) is 3.46. The molecule has 1 N–H and O–H groups in total. The lowest BCUT2D eigenvalue weighted by molar-refractivity contribution is -0.139. The van der Waals surface area contributed by atoms with Gasteiger partial charge < -0.3 is 5.32 Å². The molecule has 1 rings (SSSR count). The van der Waals surface area contributed by atoms with Crippen molar-refractivity contribution >= 4 is 23.6 Å². The van der Waals surface area contributed by atoms with Crippen LogP contribution in [0.25, 0.3) is 0 Å². The molecule has 5 heteroatoms. The van der Waals surface area contributed by atoms with E-state index in [9.17, 15) is 9.59 Å². The second kappa shape index (κ2) is 9.40. The summed E-state index contributed by atoms with van der Waals surface area (Å²) < 4.78 is 0. The first kappa shape index (κ1) is 17.5. The van der Waals surface area contributed by atoms with Gasteiger partial charge in [-0.3, -0.25) is 14.5 Å². The SMILES string of the molecule is CCCCCC(SC)C1CC(=O)N(CCNCC)C1=O. The summed E-state index contributed by atoms with van der Waals surface area (Å²) in [5.74, 6) is -0.0489. The van der Waals surface area contributed by atoms with Crippen LogP contribution in [0.5, 0.6) is 0 Å². The predicted octanol–water partition coefficient (Wildman–Crippen LogP) is 2.28. The molecule has 116 valence electrons. The lowest BCUT2D eigenvalue weighted by Crippen LogP contribution is -2.38. The molecule has 0 aromatic rings. The maximum absolute atomic E-state index is 12.4. The molecule has 20 heavy (non-hydrogen) atoms. The van der Waals surface area contributed by atoms with Crippen LogP contribution in [0.3, 0.4) is 0 Å². The lowest BCUT2D eigenvalue weighted by Gasteiger charge is -2.20. The molecule has 0 saturated carbocycles. The third-order valence-corrected chi connectivity index (χ3v) is 5.05. The van der Waals surface area contributed by atoms with Crippen LogP contribution in [0.1, 0.15) is 46.0 Å². The Balaban J connectivity index is 2.53. The number of nitrogens with zero attached hydrogens (tertiary/aromatic N) is 1. The van der Waals surface area contributed by atoms with Crippen molar-refractivity contribution in [3.63, 3.8) is 0 Å². The Hall–Kier alpha value is -0.550. The molecule has 1 heterocycles. The van der Waals surface area contributed by atoms with Gasteiger partial charge in [0.1, 0.15) is 0 Å². The van der Waals surface area contributed by atoms with Crippen LogP contribution < -0.4 is 5.32 Å². The zero-order chi connectivity index (χ0) is 15.0. The molecule has 4 nitrogen and oxygen atoms in total. The Bertz CT molecular complexity index is 323. The number of likely N-dealkylation sites (tertiary alicyclic amines) is 1. The monoisotopic (exact) mass is 300 g/mol. The summed E-state index contributed by atoms with van der Waals surface area (Å²) in [6, 6.07) is 0. The molecule has 2 atom stereocenters. The van der Waals surface area contributed by atoms with Crippen molar-refractivity contribution < 1.29 is 9.59 Å². The van der Waals surface area contributed by atoms with Crippen LogP contribution in [-0.4, -0.2) is 47.9 Å². The third-order valence-electron chi connectivity index (χ3n) is 3.88. The Labute approximate surface area is 127 Å². The van der Waals surface area contributed by atoms with Crippen LogP contribution >= 0.6 is 11.8 Å². The number of rotatable bonds is 10. The number of amides is 2. The minimum Gasteiger partial charge on any atom is -0.315 e. The summed E-state index contributed by atoms with van der Waals surface area (Å²) >= 11 is 1.74. The maximum Gasteiger partial charge on any atom is 0.233 e. The van der Waals surface area contributed by atoms with Gasteiger partial charge in [-0.25, -0.2) is 0 Å². The van der Waals surface area contributed by atoms with E-state index in [1.165, 1.54) is 17.7 Å². The molecule has 0 aromatic heterocycles. The van der Waals surface area contributed by atoms with Crippen molar-refractivity contribution in [3.05, 3.63) is 0 Å². The highest BCUT2D eigenvalue weighted by atomic mass is 32.2. The molecular formula is C15H28N2O2S. The summed E-state index contributed by atoms with van der Waals surface area (Å²) in [4.78, 5) is 25.9. The summed E-state index contributed by atoms with van der Waals surface area (Å²) in [7, 11) is 0. The van der Waals surface area contributed by atoms with Gasteiger partial charge in [-0.05, 0) is 19.2 Å². The van der Waals surface area contributed by atoms with Crippen molar-refractivity contribution in [2.45, 2.75) is 51.2 Å². The van der Waals surface area contributed by atoms with Crippen LogP contribution in [0.2, 0.25) is 0 Å². The number of likely N-dealkylation sites (N-methyl/N-ethyl adjacent to an activating group) is 1. The number of nitrogens with one attached hydrogen (secondary N) is 1. The smallest absolute Gasteiger partial charge is 0.233 e. The average molecular weight is 300 g/mol. The second-order valence-corrected chi connectivity index (χ2v) is 6.39. The Kier molecular flexibility index (Phi) is 8.22. The van der Waals surface area contributed by atoms with Crippen molar-refractivity contribution in [1.82, 2.24) is 10.2 Å². The van der Waals surface area contributed by atoms with Crippen molar-refractivity contribution in [2.75, 3.05) is 25.9 Å². The molecule has 2 unspecified atom stereocenters. The molecule has 1 aliphatic rings. The second-order valence-electron chi connectivity index (χ2n) is 5.32. The minimum atomic E-state index is -0.101. The quantitative estimate of drug-likeness (QED) is 0.497. The average Bonchev–Trinajstić information content (AvgIpc) is 2.72. The molecule has 0 spiro atoms.